The number of hydrogen-bond acceptors (Lipinski definition) is 3. The first-order valence-corrected chi connectivity index (χ1v) is 5.76. The zero-order valence-electron chi connectivity index (χ0n) is 9.11. The minimum Gasteiger partial charge on any atom is -0.481 e. The topological polar surface area (TPSA) is 78.8 Å². The molecule has 1 aliphatic carbocycles. The van der Waals surface area contributed by atoms with Crippen LogP contribution in [0.15, 0.2) is 4.99 Å². The zero-order chi connectivity index (χ0) is 11.5. The van der Waals surface area contributed by atoms with E-state index in [-0.39, 0.29) is 30.8 Å². The number of carbonyl (C=O) groups excluding carboxylic acids is 1. The largest absolute Gasteiger partial charge is 0.481 e. The molecule has 0 bridgehead atoms. The lowest BCUT2D eigenvalue weighted by atomic mass is 9.89. The quantitative estimate of drug-likeness (QED) is 0.741. The van der Waals surface area contributed by atoms with Crippen LogP contribution in [0.25, 0.3) is 0 Å². The number of hydrogen-bond donors (Lipinski definition) is 2. The number of fused-ring (bicyclic) bond motifs is 1. The van der Waals surface area contributed by atoms with Gasteiger partial charge >= 0.3 is 5.97 Å². The molecule has 0 aromatic heterocycles. The lowest BCUT2D eigenvalue weighted by Gasteiger charge is -2.33. The van der Waals surface area contributed by atoms with Crippen molar-refractivity contribution in [2.75, 3.05) is 0 Å². The Kier molecular flexibility index (Phi) is 3.22. The van der Waals surface area contributed by atoms with Crippen molar-refractivity contribution in [2.24, 2.45) is 4.99 Å². The molecule has 0 aromatic rings. The van der Waals surface area contributed by atoms with E-state index in [4.69, 9.17) is 5.11 Å². The maximum Gasteiger partial charge on any atom is 0.303 e. The third-order valence-electron chi connectivity index (χ3n) is 3.21. The van der Waals surface area contributed by atoms with E-state index in [0.29, 0.717) is 5.71 Å². The maximum absolute atomic E-state index is 11.6. The van der Waals surface area contributed by atoms with Crippen LogP contribution in [-0.4, -0.2) is 34.8 Å². The van der Waals surface area contributed by atoms with Crippen LogP contribution >= 0.6 is 0 Å². The lowest BCUT2D eigenvalue weighted by Crippen LogP contribution is -2.51. The molecule has 1 aliphatic heterocycles. The molecule has 88 valence electrons. The van der Waals surface area contributed by atoms with E-state index < -0.39 is 5.97 Å². The number of carboxylic acids is 1. The lowest BCUT2D eigenvalue weighted by molar-refractivity contribution is -0.136. The van der Waals surface area contributed by atoms with Gasteiger partial charge in [-0.1, -0.05) is 12.8 Å². The van der Waals surface area contributed by atoms with E-state index in [0.717, 1.165) is 25.7 Å². The van der Waals surface area contributed by atoms with Crippen LogP contribution in [0.2, 0.25) is 0 Å². The van der Waals surface area contributed by atoms with Crippen LogP contribution in [-0.2, 0) is 9.59 Å². The van der Waals surface area contributed by atoms with Gasteiger partial charge in [-0.3, -0.25) is 14.6 Å². The fourth-order valence-electron chi connectivity index (χ4n) is 2.35. The second kappa shape index (κ2) is 4.63. The molecule has 2 atom stereocenters. The molecule has 2 N–H and O–H groups in total. The minimum atomic E-state index is -0.888. The summed E-state index contributed by atoms with van der Waals surface area (Å²) in [4.78, 5) is 26.5. The predicted molar refractivity (Wildman–Crippen MR) is 58.5 cm³/mol. The Hall–Kier alpha value is -1.39. The predicted octanol–water partition coefficient (Wildman–Crippen LogP) is 0.733. The molecule has 5 heteroatoms. The van der Waals surface area contributed by atoms with Crippen LogP contribution in [0, 0.1) is 0 Å². The van der Waals surface area contributed by atoms with Crippen molar-refractivity contribution in [1.29, 1.82) is 0 Å². The average molecular weight is 224 g/mol. The number of nitrogens with one attached hydrogen (secondary N) is 1. The molecule has 0 unspecified atom stereocenters. The average Bonchev–Trinajstić information content (AvgIpc) is 2.26. The van der Waals surface area contributed by atoms with Crippen LogP contribution in [0.5, 0.6) is 0 Å². The summed E-state index contributed by atoms with van der Waals surface area (Å²) in [6.07, 6.45) is 4.50. The van der Waals surface area contributed by atoms with Crippen LogP contribution in [0.1, 0.15) is 38.5 Å². The standard InChI is InChI=1S/C11H16N2O3/c14-10(15)6-5-9-11(16)13-8-4-2-1-3-7(8)12-9/h7-8H,1-6H2,(H,13,16)(H,14,15)/t7-,8+/m0/s1. The Morgan fingerprint density at radius 3 is 2.94 bits per heavy atom. The summed E-state index contributed by atoms with van der Waals surface area (Å²) in [6.45, 7) is 0. The molecule has 1 fully saturated rings. The molecular weight excluding hydrogens is 208 g/mol. The smallest absolute Gasteiger partial charge is 0.303 e. The summed E-state index contributed by atoms with van der Waals surface area (Å²) in [5.74, 6) is -1.06. The van der Waals surface area contributed by atoms with Crippen molar-refractivity contribution in [2.45, 2.75) is 50.6 Å². The van der Waals surface area contributed by atoms with Gasteiger partial charge in [-0.25, -0.2) is 0 Å². The second-order valence-electron chi connectivity index (χ2n) is 4.40. The van der Waals surface area contributed by atoms with Gasteiger partial charge in [0.25, 0.3) is 5.91 Å². The van der Waals surface area contributed by atoms with Crippen molar-refractivity contribution in [3.63, 3.8) is 0 Å². The first-order chi connectivity index (χ1) is 7.66. The Bertz CT molecular complexity index is 338. The maximum atomic E-state index is 11.6. The fraction of sp³-hybridized carbons (Fsp3) is 0.727. The van der Waals surface area contributed by atoms with Crippen LogP contribution in [0.4, 0.5) is 0 Å². The van der Waals surface area contributed by atoms with E-state index in [1.165, 1.54) is 0 Å². The van der Waals surface area contributed by atoms with E-state index in [2.05, 4.69) is 10.3 Å². The van der Waals surface area contributed by atoms with E-state index in [1.807, 2.05) is 0 Å². The third-order valence-corrected chi connectivity index (χ3v) is 3.21. The van der Waals surface area contributed by atoms with Gasteiger partial charge in [0, 0.05) is 6.42 Å². The number of carbonyl (C=O) groups is 2. The van der Waals surface area contributed by atoms with E-state index in [9.17, 15) is 9.59 Å². The number of rotatable bonds is 3. The highest BCUT2D eigenvalue weighted by molar-refractivity contribution is 6.39. The van der Waals surface area contributed by atoms with Gasteiger partial charge in [-0.15, -0.1) is 0 Å². The Labute approximate surface area is 93.9 Å². The van der Waals surface area contributed by atoms with Crippen molar-refractivity contribution in [3.05, 3.63) is 0 Å². The highest BCUT2D eigenvalue weighted by Crippen LogP contribution is 2.24. The molecule has 0 spiro atoms. The Morgan fingerprint density at radius 2 is 2.19 bits per heavy atom. The molecule has 16 heavy (non-hydrogen) atoms. The molecular formula is C11H16N2O3. The summed E-state index contributed by atoms with van der Waals surface area (Å²) in [5.41, 5.74) is 0.408. The number of aliphatic imine (C=N–C) groups is 1. The van der Waals surface area contributed by atoms with E-state index in [1.54, 1.807) is 0 Å². The van der Waals surface area contributed by atoms with Gasteiger partial charge in [0.1, 0.15) is 5.71 Å². The SMILES string of the molecule is O=C(O)CCC1=N[C@H]2CCCC[C@H]2NC1=O. The monoisotopic (exact) mass is 224 g/mol. The van der Waals surface area contributed by atoms with Crippen molar-refractivity contribution in [1.82, 2.24) is 5.32 Å². The summed E-state index contributed by atoms with van der Waals surface area (Å²) >= 11 is 0. The molecule has 0 aromatic carbocycles. The van der Waals surface area contributed by atoms with Crippen molar-refractivity contribution in [3.8, 4) is 0 Å². The number of amides is 1. The van der Waals surface area contributed by atoms with Crippen molar-refractivity contribution < 1.29 is 14.7 Å². The molecule has 0 radical (unpaired) electrons. The normalized spacial score (nSPS) is 29.0. The third kappa shape index (κ3) is 2.40. The Balaban J connectivity index is 2.03. The van der Waals surface area contributed by atoms with Gasteiger partial charge < -0.3 is 10.4 Å². The molecule has 1 saturated carbocycles. The van der Waals surface area contributed by atoms with Gasteiger partial charge in [0.2, 0.25) is 0 Å². The van der Waals surface area contributed by atoms with Gasteiger partial charge in [-0.05, 0) is 12.8 Å². The molecule has 0 saturated heterocycles. The highest BCUT2D eigenvalue weighted by atomic mass is 16.4. The summed E-state index contributed by atoms with van der Waals surface area (Å²) in [7, 11) is 0. The van der Waals surface area contributed by atoms with Crippen LogP contribution < -0.4 is 5.32 Å². The number of nitrogens with zero attached hydrogens (tertiary/aromatic N) is 1. The molecule has 1 amide bonds. The zero-order valence-corrected chi connectivity index (χ0v) is 9.11. The van der Waals surface area contributed by atoms with E-state index >= 15 is 0 Å². The van der Waals surface area contributed by atoms with Crippen molar-refractivity contribution >= 4 is 17.6 Å². The van der Waals surface area contributed by atoms with Crippen LogP contribution in [0.3, 0.4) is 0 Å². The Morgan fingerprint density at radius 1 is 1.44 bits per heavy atom. The summed E-state index contributed by atoms with van der Waals surface area (Å²) < 4.78 is 0. The summed E-state index contributed by atoms with van der Waals surface area (Å²) in [5, 5.41) is 11.5. The molecule has 5 nitrogen and oxygen atoms in total. The fourth-order valence-corrected chi connectivity index (χ4v) is 2.35. The van der Waals surface area contributed by atoms with Gasteiger partial charge in [-0.2, -0.15) is 0 Å². The summed E-state index contributed by atoms with van der Waals surface area (Å²) in [6, 6.07) is 0.352. The number of aliphatic carboxylic acids is 1. The van der Waals surface area contributed by atoms with Gasteiger partial charge in [0.15, 0.2) is 0 Å². The van der Waals surface area contributed by atoms with Gasteiger partial charge in [0.05, 0.1) is 18.5 Å². The molecule has 2 aliphatic rings. The highest BCUT2D eigenvalue weighted by Gasteiger charge is 2.32. The second-order valence-corrected chi connectivity index (χ2v) is 4.40. The minimum absolute atomic E-state index is 0.0242. The first-order valence-electron chi connectivity index (χ1n) is 5.76. The molecule has 1 heterocycles. The molecule has 2 rings (SSSR count). The first kappa shape index (κ1) is 11.1. The number of carboxylic acid groups (broad SMARTS) is 1.